The van der Waals surface area contributed by atoms with Crippen LogP contribution in [0.25, 0.3) is 0 Å². The van der Waals surface area contributed by atoms with Gasteiger partial charge in [-0.25, -0.2) is 0 Å². The van der Waals surface area contributed by atoms with E-state index in [-0.39, 0.29) is 0 Å². The monoisotopic (exact) mass is 274 g/mol. The van der Waals surface area contributed by atoms with E-state index in [1.54, 1.807) is 17.9 Å². The first-order valence-corrected chi connectivity index (χ1v) is 6.34. The molecule has 0 bridgehead atoms. The SMILES string of the molecule is CNC(C#N)(Cn1ncc(Cl)c1C)c1ccccc1. The number of aromatic nitrogens is 2. The second-order valence-corrected chi connectivity index (χ2v) is 4.78. The fraction of sp³-hybridized carbons (Fsp3) is 0.286. The molecule has 0 aliphatic heterocycles. The summed E-state index contributed by atoms with van der Waals surface area (Å²) in [5, 5.41) is 17.5. The van der Waals surface area contributed by atoms with Gasteiger partial charge in [0.1, 0.15) is 0 Å². The first-order valence-electron chi connectivity index (χ1n) is 5.96. The van der Waals surface area contributed by atoms with E-state index in [1.807, 2.05) is 37.3 Å². The van der Waals surface area contributed by atoms with Crippen molar-refractivity contribution >= 4 is 11.6 Å². The Kier molecular flexibility index (Phi) is 3.89. The molecule has 0 fully saturated rings. The minimum atomic E-state index is -0.818. The molecule has 1 aromatic heterocycles. The number of likely N-dealkylation sites (N-methyl/N-ethyl adjacent to an activating group) is 1. The van der Waals surface area contributed by atoms with Crippen LogP contribution in [0.2, 0.25) is 5.02 Å². The zero-order valence-electron chi connectivity index (χ0n) is 10.9. The Hall–Kier alpha value is -1.83. The maximum atomic E-state index is 9.60. The second kappa shape index (κ2) is 5.43. The van der Waals surface area contributed by atoms with Crippen molar-refractivity contribution in [3.63, 3.8) is 0 Å². The van der Waals surface area contributed by atoms with Crippen molar-refractivity contribution in [2.24, 2.45) is 0 Å². The van der Waals surface area contributed by atoms with Crippen molar-refractivity contribution in [1.29, 1.82) is 5.26 Å². The van der Waals surface area contributed by atoms with Crippen molar-refractivity contribution < 1.29 is 0 Å². The van der Waals surface area contributed by atoms with Crippen molar-refractivity contribution in [2.45, 2.75) is 19.0 Å². The van der Waals surface area contributed by atoms with Crippen LogP contribution < -0.4 is 5.32 Å². The average Bonchev–Trinajstić information content (AvgIpc) is 2.77. The summed E-state index contributed by atoms with van der Waals surface area (Å²) >= 11 is 6.00. The molecule has 0 spiro atoms. The Bertz CT molecular complexity index is 600. The van der Waals surface area contributed by atoms with Crippen LogP contribution in [0, 0.1) is 18.3 Å². The summed E-state index contributed by atoms with van der Waals surface area (Å²) in [4.78, 5) is 0. The van der Waals surface area contributed by atoms with Gasteiger partial charge in [-0.05, 0) is 19.5 Å². The zero-order chi connectivity index (χ0) is 13.9. The van der Waals surface area contributed by atoms with Gasteiger partial charge in [0.05, 0.1) is 29.5 Å². The quantitative estimate of drug-likeness (QED) is 0.932. The molecule has 1 heterocycles. The highest BCUT2D eigenvalue weighted by molar-refractivity contribution is 6.31. The van der Waals surface area contributed by atoms with E-state index in [2.05, 4.69) is 16.5 Å². The van der Waals surface area contributed by atoms with Gasteiger partial charge >= 0.3 is 0 Å². The van der Waals surface area contributed by atoms with E-state index >= 15 is 0 Å². The lowest BCUT2D eigenvalue weighted by Gasteiger charge is -2.27. The van der Waals surface area contributed by atoms with Crippen molar-refractivity contribution in [3.05, 3.63) is 52.8 Å². The smallest absolute Gasteiger partial charge is 0.151 e. The van der Waals surface area contributed by atoms with Crippen LogP contribution in [0.4, 0.5) is 0 Å². The number of rotatable bonds is 4. The maximum absolute atomic E-state index is 9.60. The third kappa shape index (κ3) is 2.48. The van der Waals surface area contributed by atoms with Crippen LogP contribution in [-0.4, -0.2) is 16.8 Å². The van der Waals surface area contributed by atoms with Crippen LogP contribution in [-0.2, 0) is 12.1 Å². The molecule has 98 valence electrons. The predicted octanol–water partition coefficient (Wildman–Crippen LogP) is 2.48. The lowest BCUT2D eigenvalue weighted by atomic mass is 9.91. The first kappa shape index (κ1) is 13.6. The molecule has 1 atom stereocenters. The summed E-state index contributed by atoms with van der Waals surface area (Å²) < 4.78 is 1.75. The molecule has 1 N–H and O–H groups in total. The topological polar surface area (TPSA) is 53.6 Å². The van der Waals surface area contributed by atoms with Gasteiger partial charge in [0.25, 0.3) is 0 Å². The van der Waals surface area contributed by atoms with Gasteiger partial charge in [-0.3, -0.25) is 10.00 Å². The Morgan fingerprint density at radius 2 is 2.11 bits per heavy atom. The van der Waals surface area contributed by atoms with Crippen molar-refractivity contribution in [1.82, 2.24) is 15.1 Å². The molecular weight excluding hydrogens is 260 g/mol. The number of hydrogen-bond donors (Lipinski definition) is 1. The first-order chi connectivity index (χ1) is 9.13. The lowest BCUT2D eigenvalue weighted by molar-refractivity contribution is 0.372. The number of halogens is 1. The zero-order valence-corrected chi connectivity index (χ0v) is 11.6. The maximum Gasteiger partial charge on any atom is 0.151 e. The van der Waals surface area contributed by atoms with Crippen LogP contribution in [0.3, 0.4) is 0 Å². The predicted molar refractivity (Wildman–Crippen MR) is 74.8 cm³/mol. The van der Waals surface area contributed by atoms with Gasteiger partial charge in [0.2, 0.25) is 0 Å². The Balaban J connectivity index is 2.42. The molecule has 2 rings (SSSR count). The third-order valence-corrected chi connectivity index (χ3v) is 3.69. The van der Waals surface area contributed by atoms with Gasteiger partial charge in [-0.2, -0.15) is 10.4 Å². The molecule has 0 amide bonds. The van der Waals surface area contributed by atoms with E-state index in [0.29, 0.717) is 11.6 Å². The largest absolute Gasteiger partial charge is 0.297 e. The minimum absolute atomic E-state index is 0.405. The molecule has 19 heavy (non-hydrogen) atoms. The Morgan fingerprint density at radius 1 is 1.42 bits per heavy atom. The van der Waals surface area contributed by atoms with E-state index < -0.39 is 5.54 Å². The van der Waals surface area contributed by atoms with Crippen LogP contribution in [0.15, 0.2) is 36.5 Å². The normalized spacial score (nSPS) is 13.8. The fourth-order valence-electron chi connectivity index (χ4n) is 2.00. The summed E-state index contributed by atoms with van der Waals surface area (Å²) in [5.41, 5.74) is 0.944. The van der Waals surface area contributed by atoms with E-state index in [1.165, 1.54) is 0 Å². The molecule has 0 aliphatic rings. The van der Waals surface area contributed by atoms with Crippen molar-refractivity contribution in [3.8, 4) is 6.07 Å². The van der Waals surface area contributed by atoms with E-state index in [0.717, 1.165) is 11.3 Å². The standard InChI is InChI=1S/C14H15ClN4/c1-11-13(15)8-18-19(11)10-14(9-16,17-2)12-6-4-3-5-7-12/h3-8,17H,10H2,1-2H3. The number of nitrogens with zero attached hydrogens (tertiary/aromatic N) is 3. The van der Waals surface area contributed by atoms with Gasteiger partial charge in [-0.15, -0.1) is 0 Å². The third-order valence-electron chi connectivity index (χ3n) is 3.31. The molecular formula is C14H15ClN4. The second-order valence-electron chi connectivity index (χ2n) is 4.37. The van der Waals surface area contributed by atoms with Crippen LogP contribution >= 0.6 is 11.6 Å². The molecule has 1 unspecified atom stereocenters. The molecule has 4 nitrogen and oxygen atoms in total. The molecule has 0 radical (unpaired) electrons. The lowest BCUT2D eigenvalue weighted by Crippen LogP contribution is -2.43. The number of hydrogen-bond acceptors (Lipinski definition) is 3. The van der Waals surface area contributed by atoms with Gasteiger partial charge in [0.15, 0.2) is 5.54 Å². The van der Waals surface area contributed by atoms with E-state index in [9.17, 15) is 5.26 Å². The highest BCUT2D eigenvalue weighted by Gasteiger charge is 2.32. The molecule has 0 saturated heterocycles. The molecule has 5 heteroatoms. The molecule has 1 aromatic carbocycles. The van der Waals surface area contributed by atoms with Crippen LogP contribution in [0.5, 0.6) is 0 Å². The highest BCUT2D eigenvalue weighted by atomic mass is 35.5. The highest BCUT2D eigenvalue weighted by Crippen LogP contribution is 2.24. The Labute approximate surface area is 117 Å². The van der Waals surface area contributed by atoms with Gasteiger partial charge < -0.3 is 0 Å². The van der Waals surface area contributed by atoms with Gasteiger partial charge in [-0.1, -0.05) is 41.9 Å². The van der Waals surface area contributed by atoms with Crippen molar-refractivity contribution in [2.75, 3.05) is 7.05 Å². The summed E-state index contributed by atoms with van der Waals surface area (Å²) in [7, 11) is 1.77. The molecule has 0 saturated carbocycles. The number of nitriles is 1. The molecule has 0 aliphatic carbocycles. The Morgan fingerprint density at radius 3 is 2.58 bits per heavy atom. The summed E-state index contributed by atoms with van der Waals surface area (Å²) in [5.74, 6) is 0. The summed E-state index contributed by atoms with van der Waals surface area (Å²) in [6.45, 7) is 2.29. The number of benzene rings is 1. The summed E-state index contributed by atoms with van der Waals surface area (Å²) in [6.07, 6.45) is 1.60. The fourth-order valence-corrected chi connectivity index (χ4v) is 2.14. The van der Waals surface area contributed by atoms with E-state index in [4.69, 9.17) is 11.6 Å². The van der Waals surface area contributed by atoms with Gasteiger partial charge in [0, 0.05) is 0 Å². The minimum Gasteiger partial charge on any atom is -0.297 e. The van der Waals surface area contributed by atoms with Crippen LogP contribution in [0.1, 0.15) is 11.3 Å². The average molecular weight is 275 g/mol. The number of nitrogens with one attached hydrogen (secondary N) is 1. The summed E-state index contributed by atoms with van der Waals surface area (Å²) in [6, 6.07) is 12.0. The molecule has 2 aromatic rings.